The van der Waals surface area contributed by atoms with Crippen LogP contribution in [-0.4, -0.2) is 29.1 Å². The number of nitrogens with one attached hydrogen (secondary N) is 2. The van der Waals surface area contributed by atoms with Crippen LogP contribution in [0.15, 0.2) is 66.7 Å². The number of phenols is 2. The van der Waals surface area contributed by atoms with E-state index in [4.69, 9.17) is 4.74 Å². The summed E-state index contributed by atoms with van der Waals surface area (Å²) in [4.78, 5) is 27.0. The minimum atomic E-state index is -4.48. The molecule has 2 amide bonds. The lowest BCUT2D eigenvalue weighted by Gasteiger charge is -2.36. The molecule has 2 atom stereocenters. The summed E-state index contributed by atoms with van der Waals surface area (Å²) in [5, 5.41) is 25.5. The molecule has 0 saturated heterocycles. The third-order valence-electron chi connectivity index (χ3n) is 13.0. The van der Waals surface area contributed by atoms with Crippen molar-refractivity contribution in [3.05, 3.63) is 111 Å². The number of carbonyl (C=O) groups excluding carboxylic acids is 2. The van der Waals surface area contributed by atoms with Gasteiger partial charge in [0.25, 0.3) is 0 Å². The Labute approximate surface area is 320 Å². The lowest BCUT2D eigenvalue weighted by atomic mass is 9.63. The summed E-state index contributed by atoms with van der Waals surface area (Å²) >= 11 is 0. The van der Waals surface area contributed by atoms with Crippen molar-refractivity contribution < 1.29 is 37.7 Å². The van der Waals surface area contributed by atoms with Gasteiger partial charge >= 0.3 is 6.18 Å². The highest BCUT2D eigenvalue weighted by atomic mass is 19.4. The molecular formula is C45H49F3N2O5. The van der Waals surface area contributed by atoms with Gasteiger partial charge in [-0.15, -0.1) is 0 Å². The van der Waals surface area contributed by atoms with Crippen LogP contribution in [0.5, 0.6) is 17.2 Å². The first-order chi connectivity index (χ1) is 26.3. The molecular weight excluding hydrogens is 705 g/mol. The number of carbonyl (C=O) groups is 2. The van der Waals surface area contributed by atoms with Gasteiger partial charge in [-0.1, -0.05) is 68.9 Å². The van der Waals surface area contributed by atoms with E-state index in [1.807, 2.05) is 32.0 Å². The van der Waals surface area contributed by atoms with Crippen molar-refractivity contribution in [3.63, 3.8) is 0 Å². The van der Waals surface area contributed by atoms with E-state index in [9.17, 15) is 33.0 Å². The van der Waals surface area contributed by atoms with Crippen molar-refractivity contribution in [2.24, 2.45) is 11.8 Å². The van der Waals surface area contributed by atoms with E-state index in [0.717, 1.165) is 110 Å². The second-order valence-electron chi connectivity index (χ2n) is 15.7. The van der Waals surface area contributed by atoms with E-state index in [2.05, 4.69) is 10.6 Å². The molecule has 0 aromatic heterocycles. The summed E-state index contributed by atoms with van der Waals surface area (Å²) in [6.45, 7) is 5.48. The summed E-state index contributed by atoms with van der Waals surface area (Å²) < 4.78 is 45.9. The van der Waals surface area contributed by atoms with Gasteiger partial charge in [-0.05, 0) is 134 Å². The molecule has 2 aliphatic carbocycles. The molecule has 4 aromatic carbocycles. The number of amides is 2. The number of benzene rings is 4. The van der Waals surface area contributed by atoms with Crippen molar-refractivity contribution in [3.8, 4) is 17.2 Å². The normalized spacial score (nSPS) is 22.6. The van der Waals surface area contributed by atoms with E-state index in [1.54, 1.807) is 31.4 Å². The predicted octanol–water partition coefficient (Wildman–Crippen LogP) is 10.4. The largest absolute Gasteiger partial charge is 0.508 e. The Morgan fingerprint density at radius 3 is 1.51 bits per heavy atom. The summed E-state index contributed by atoms with van der Waals surface area (Å²) in [5.74, 6) is 1.14. The quantitative estimate of drug-likeness (QED) is 0.152. The minimum absolute atomic E-state index is 0.00747. The standard InChI is InChI=1S/C23H24F3NO2.C22H25NO3/c1-14-18(23(24,25)26)12-13-19-20(14)27-21(29)22(19,15-6-4-2-3-5-7-15)16-8-10-17(28)11-9-16;1-13-14(2)20-18(12-19(13)26-3)22(21(25)23-20,15-6-4-5-7-15)16-8-10-17(24)11-9-16/h8-13,15,28H,2-7H2,1H3,(H,27,29);8-12,15,24H,4-7H2,1-3H3,(H,23,25). The summed E-state index contributed by atoms with van der Waals surface area (Å²) in [5.41, 5.74) is 4.19. The molecule has 2 saturated carbocycles. The van der Waals surface area contributed by atoms with E-state index in [0.29, 0.717) is 5.56 Å². The van der Waals surface area contributed by atoms with Gasteiger partial charge in [-0.2, -0.15) is 13.2 Å². The Morgan fingerprint density at radius 2 is 1.05 bits per heavy atom. The molecule has 7 nitrogen and oxygen atoms in total. The van der Waals surface area contributed by atoms with E-state index < -0.39 is 22.6 Å². The number of ether oxygens (including phenoxy) is 1. The van der Waals surface area contributed by atoms with Crippen LogP contribution in [0.1, 0.15) is 109 Å². The molecule has 0 spiro atoms. The number of halogens is 3. The molecule has 4 aliphatic rings. The number of rotatable bonds is 5. The Morgan fingerprint density at radius 1 is 0.618 bits per heavy atom. The molecule has 4 N–H and O–H groups in total. The number of hydrogen-bond acceptors (Lipinski definition) is 5. The average Bonchev–Trinajstić information content (AvgIpc) is 3.80. The smallest absolute Gasteiger partial charge is 0.416 e. The van der Waals surface area contributed by atoms with Gasteiger partial charge in [-0.3, -0.25) is 9.59 Å². The average molecular weight is 755 g/mol. The summed E-state index contributed by atoms with van der Waals surface area (Å²) in [6.07, 6.45) is 5.75. The first kappa shape index (κ1) is 38.3. The fourth-order valence-electron chi connectivity index (χ4n) is 10.1. The maximum absolute atomic E-state index is 13.5. The van der Waals surface area contributed by atoms with Crippen LogP contribution in [-0.2, 0) is 26.6 Å². The number of methoxy groups -OCH3 is 1. The maximum atomic E-state index is 13.5. The van der Waals surface area contributed by atoms with Gasteiger partial charge in [0.05, 0.1) is 12.7 Å². The molecule has 2 aliphatic heterocycles. The van der Waals surface area contributed by atoms with Crippen LogP contribution in [0.25, 0.3) is 0 Å². The zero-order valence-corrected chi connectivity index (χ0v) is 31.8. The minimum Gasteiger partial charge on any atom is -0.508 e. The van der Waals surface area contributed by atoms with Gasteiger partial charge in [0.1, 0.15) is 28.1 Å². The Balaban J connectivity index is 0.000000170. The van der Waals surface area contributed by atoms with Crippen molar-refractivity contribution in [1.82, 2.24) is 0 Å². The first-order valence-corrected chi connectivity index (χ1v) is 19.4. The number of aromatic hydroxyl groups is 2. The van der Waals surface area contributed by atoms with Crippen molar-refractivity contribution in [2.45, 2.75) is 102 Å². The Hall–Kier alpha value is -4.99. The Bertz CT molecular complexity index is 2100. The van der Waals surface area contributed by atoms with Gasteiger partial charge in [-0.25, -0.2) is 0 Å². The van der Waals surface area contributed by atoms with Crippen LogP contribution in [0.3, 0.4) is 0 Å². The second kappa shape index (κ2) is 14.6. The summed E-state index contributed by atoms with van der Waals surface area (Å²) in [7, 11) is 1.68. The maximum Gasteiger partial charge on any atom is 0.416 e. The van der Waals surface area contributed by atoms with Crippen LogP contribution >= 0.6 is 0 Å². The van der Waals surface area contributed by atoms with Gasteiger partial charge < -0.3 is 25.6 Å². The number of phenolic OH excluding ortho intramolecular Hbond substituents is 2. The van der Waals surface area contributed by atoms with E-state index >= 15 is 0 Å². The lowest BCUT2D eigenvalue weighted by molar-refractivity contribution is -0.138. The molecule has 290 valence electrons. The van der Waals surface area contributed by atoms with Gasteiger partial charge in [0.2, 0.25) is 11.8 Å². The molecule has 10 heteroatoms. The molecule has 2 fully saturated rings. The highest BCUT2D eigenvalue weighted by molar-refractivity contribution is 6.11. The van der Waals surface area contributed by atoms with Crippen LogP contribution < -0.4 is 15.4 Å². The molecule has 0 bridgehead atoms. The van der Waals surface area contributed by atoms with Gasteiger partial charge in [0.15, 0.2) is 0 Å². The molecule has 4 aromatic rings. The molecule has 55 heavy (non-hydrogen) atoms. The van der Waals surface area contributed by atoms with Crippen molar-refractivity contribution in [2.75, 3.05) is 17.7 Å². The Kier molecular flexibility index (Phi) is 10.2. The SMILES string of the molecule is COc1cc2c(c(C)c1C)NC(=O)C2(c1ccc(O)cc1)C1CCCC1.Cc1c(C(F)(F)F)ccc2c1NC(=O)C2(c1ccc(O)cc1)C1CCCCCC1. The highest BCUT2D eigenvalue weighted by Gasteiger charge is 2.56. The fourth-order valence-corrected chi connectivity index (χ4v) is 10.1. The third kappa shape index (κ3) is 6.22. The number of fused-ring (bicyclic) bond motifs is 2. The molecule has 2 unspecified atom stereocenters. The first-order valence-electron chi connectivity index (χ1n) is 19.4. The topological polar surface area (TPSA) is 108 Å². The molecule has 0 radical (unpaired) electrons. The summed E-state index contributed by atoms with van der Waals surface area (Å²) in [6, 6.07) is 18.3. The molecule has 8 rings (SSSR count). The van der Waals surface area contributed by atoms with Crippen molar-refractivity contribution in [1.29, 1.82) is 0 Å². The van der Waals surface area contributed by atoms with Crippen LogP contribution in [0.4, 0.5) is 24.5 Å². The predicted molar refractivity (Wildman–Crippen MR) is 207 cm³/mol. The second-order valence-corrected chi connectivity index (χ2v) is 15.7. The highest BCUT2D eigenvalue weighted by Crippen LogP contribution is 2.56. The third-order valence-corrected chi connectivity index (χ3v) is 13.0. The van der Waals surface area contributed by atoms with Crippen molar-refractivity contribution >= 4 is 23.2 Å². The number of anilines is 2. The van der Waals surface area contributed by atoms with E-state index in [1.165, 1.54) is 25.1 Å². The number of alkyl halides is 3. The molecule has 2 heterocycles. The monoisotopic (exact) mass is 754 g/mol. The zero-order valence-electron chi connectivity index (χ0n) is 31.8. The van der Waals surface area contributed by atoms with E-state index in [-0.39, 0.29) is 46.4 Å². The van der Waals surface area contributed by atoms with Crippen LogP contribution in [0.2, 0.25) is 0 Å². The number of hydrogen-bond donors (Lipinski definition) is 4. The lowest BCUT2D eigenvalue weighted by Crippen LogP contribution is -2.43. The zero-order chi connectivity index (χ0) is 39.3. The van der Waals surface area contributed by atoms with Crippen LogP contribution in [0, 0.1) is 32.6 Å². The van der Waals surface area contributed by atoms with Gasteiger partial charge in [0, 0.05) is 11.4 Å². The fraction of sp³-hybridized carbons (Fsp3) is 0.422.